The molecule has 3 N–H and O–H groups in total. The molecule has 0 heterocycles. The van der Waals surface area contributed by atoms with E-state index in [1.807, 2.05) is 18.2 Å². The largest absolute Gasteiger partial charge is 0.351 e. The van der Waals surface area contributed by atoms with Crippen molar-refractivity contribution in [2.24, 2.45) is 5.73 Å². The number of amides is 3. The van der Waals surface area contributed by atoms with E-state index in [4.69, 9.17) is 5.73 Å². The first-order valence-electron chi connectivity index (χ1n) is 6.10. The lowest BCUT2D eigenvalue weighted by Gasteiger charge is -2.20. The molecule has 2 aromatic rings. The molecule has 0 bridgehead atoms. The van der Waals surface area contributed by atoms with Gasteiger partial charge in [0.1, 0.15) is 0 Å². The van der Waals surface area contributed by atoms with Gasteiger partial charge in [0.05, 0.1) is 11.4 Å². The second-order valence-corrected chi connectivity index (χ2v) is 4.24. The fraction of sp³-hybridized carbons (Fsp3) is 0.0667. The van der Waals surface area contributed by atoms with E-state index >= 15 is 0 Å². The first kappa shape index (κ1) is 13.6. The highest BCUT2D eigenvalue weighted by Crippen LogP contribution is 2.26. The maximum Gasteiger partial charge on any atom is 0.323 e. The minimum atomic E-state index is -0.566. The number of primary amides is 1. The Morgan fingerprint density at radius 2 is 1.50 bits per heavy atom. The molecule has 0 radical (unpaired) electrons. The summed E-state index contributed by atoms with van der Waals surface area (Å²) in [6, 6.07) is 15.4. The number of benzene rings is 2. The summed E-state index contributed by atoms with van der Waals surface area (Å²) >= 11 is 0. The molecule has 0 aromatic heterocycles. The number of carbonyl (C=O) groups is 2. The van der Waals surface area contributed by atoms with Gasteiger partial charge < -0.3 is 11.1 Å². The van der Waals surface area contributed by atoms with Crippen molar-refractivity contribution in [1.29, 1.82) is 0 Å². The SMILES string of the molecule is CC(=O)Nc1ccc(N(C(N)=O)c2ccccc2)cc1. The maximum absolute atomic E-state index is 11.6. The number of carbonyl (C=O) groups excluding carboxylic acids is 2. The molecule has 3 amide bonds. The van der Waals surface area contributed by atoms with Crippen LogP contribution in [0, 0.1) is 0 Å². The van der Waals surface area contributed by atoms with Crippen LogP contribution in [0.5, 0.6) is 0 Å². The molecule has 102 valence electrons. The number of hydrogen-bond acceptors (Lipinski definition) is 2. The first-order chi connectivity index (χ1) is 9.58. The van der Waals surface area contributed by atoms with Gasteiger partial charge in [0.2, 0.25) is 5.91 Å². The van der Waals surface area contributed by atoms with Gasteiger partial charge in [0.15, 0.2) is 0 Å². The van der Waals surface area contributed by atoms with Crippen LogP contribution in [0.1, 0.15) is 6.92 Å². The van der Waals surface area contributed by atoms with E-state index in [0.717, 1.165) is 0 Å². The smallest absolute Gasteiger partial charge is 0.323 e. The molecule has 0 atom stereocenters. The molecule has 5 nitrogen and oxygen atoms in total. The lowest BCUT2D eigenvalue weighted by Crippen LogP contribution is -2.31. The lowest BCUT2D eigenvalue weighted by molar-refractivity contribution is -0.114. The molecule has 0 unspecified atom stereocenters. The Hall–Kier alpha value is -2.82. The van der Waals surface area contributed by atoms with Gasteiger partial charge in [0, 0.05) is 12.6 Å². The fourth-order valence-electron chi connectivity index (χ4n) is 1.88. The van der Waals surface area contributed by atoms with Crippen LogP contribution in [0.4, 0.5) is 21.9 Å². The number of para-hydroxylation sites is 1. The molecule has 0 aliphatic rings. The van der Waals surface area contributed by atoms with Crippen molar-refractivity contribution in [1.82, 2.24) is 0 Å². The molecule has 0 saturated carbocycles. The molecule has 2 rings (SSSR count). The third kappa shape index (κ3) is 3.14. The van der Waals surface area contributed by atoms with Crippen LogP contribution in [0.25, 0.3) is 0 Å². The van der Waals surface area contributed by atoms with Gasteiger partial charge in [-0.25, -0.2) is 4.79 Å². The summed E-state index contributed by atoms with van der Waals surface area (Å²) in [5.74, 6) is -0.146. The molecule has 2 aromatic carbocycles. The second kappa shape index (κ2) is 5.88. The molecule has 5 heteroatoms. The minimum absolute atomic E-state index is 0.146. The molecule has 0 aliphatic heterocycles. The topological polar surface area (TPSA) is 75.4 Å². The average molecular weight is 269 g/mol. The highest BCUT2D eigenvalue weighted by atomic mass is 16.2. The van der Waals surface area contributed by atoms with E-state index in [-0.39, 0.29) is 5.91 Å². The van der Waals surface area contributed by atoms with Crippen LogP contribution in [-0.4, -0.2) is 11.9 Å². The number of nitrogens with zero attached hydrogens (tertiary/aromatic N) is 1. The Bertz CT molecular complexity index is 609. The van der Waals surface area contributed by atoms with E-state index in [1.54, 1.807) is 36.4 Å². The van der Waals surface area contributed by atoms with Crippen molar-refractivity contribution in [3.63, 3.8) is 0 Å². The summed E-state index contributed by atoms with van der Waals surface area (Å²) in [6.07, 6.45) is 0. The summed E-state index contributed by atoms with van der Waals surface area (Å²) in [5, 5.41) is 2.67. The zero-order chi connectivity index (χ0) is 14.5. The van der Waals surface area contributed by atoms with Crippen LogP contribution in [0.2, 0.25) is 0 Å². The van der Waals surface area contributed by atoms with Gasteiger partial charge in [-0.05, 0) is 36.4 Å². The predicted molar refractivity (Wildman–Crippen MR) is 78.9 cm³/mol. The summed E-state index contributed by atoms with van der Waals surface area (Å²) in [4.78, 5) is 24.0. The molecule has 0 aliphatic carbocycles. The first-order valence-corrected chi connectivity index (χ1v) is 6.10. The van der Waals surface area contributed by atoms with Gasteiger partial charge in [-0.3, -0.25) is 9.69 Å². The average Bonchev–Trinajstić information content (AvgIpc) is 2.41. The van der Waals surface area contributed by atoms with E-state index in [2.05, 4.69) is 5.32 Å². The Balaban J connectivity index is 2.31. The van der Waals surface area contributed by atoms with Gasteiger partial charge in [-0.1, -0.05) is 18.2 Å². The number of nitrogens with two attached hydrogens (primary N) is 1. The lowest BCUT2D eigenvalue weighted by atomic mass is 10.2. The van der Waals surface area contributed by atoms with Crippen LogP contribution in [-0.2, 0) is 4.79 Å². The van der Waals surface area contributed by atoms with Crippen molar-refractivity contribution in [3.05, 3.63) is 54.6 Å². The fourth-order valence-corrected chi connectivity index (χ4v) is 1.88. The van der Waals surface area contributed by atoms with Crippen LogP contribution in [0.15, 0.2) is 54.6 Å². The summed E-state index contributed by atoms with van der Waals surface area (Å²) in [5.41, 5.74) is 7.43. The zero-order valence-electron chi connectivity index (χ0n) is 11.0. The summed E-state index contributed by atoms with van der Waals surface area (Å²) < 4.78 is 0. The van der Waals surface area contributed by atoms with Crippen molar-refractivity contribution in [2.45, 2.75) is 6.92 Å². The highest BCUT2D eigenvalue weighted by Gasteiger charge is 2.14. The monoisotopic (exact) mass is 269 g/mol. The number of hydrogen-bond donors (Lipinski definition) is 2. The number of rotatable bonds is 3. The molecule has 20 heavy (non-hydrogen) atoms. The third-order valence-corrected chi connectivity index (χ3v) is 2.68. The third-order valence-electron chi connectivity index (χ3n) is 2.68. The number of urea groups is 1. The number of anilines is 3. The Morgan fingerprint density at radius 3 is 2.00 bits per heavy atom. The van der Waals surface area contributed by atoms with Crippen LogP contribution >= 0.6 is 0 Å². The van der Waals surface area contributed by atoms with Crippen LogP contribution < -0.4 is 16.0 Å². The normalized spacial score (nSPS) is 9.85. The summed E-state index contributed by atoms with van der Waals surface area (Å²) in [7, 11) is 0. The molecule has 0 spiro atoms. The van der Waals surface area contributed by atoms with Crippen molar-refractivity contribution in [3.8, 4) is 0 Å². The van der Waals surface area contributed by atoms with Crippen LogP contribution in [0.3, 0.4) is 0 Å². The molecular weight excluding hydrogens is 254 g/mol. The summed E-state index contributed by atoms with van der Waals surface area (Å²) in [6.45, 7) is 1.44. The van der Waals surface area contributed by atoms with Crippen molar-refractivity contribution >= 4 is 29.0 Å². The Kier molecular flexibility index (Phi) is 4.00. The quantitative estimate of drug-likeness (QED) is 0.899. The van der Waals surface area contributed by atoms with E-state index < -0.39 is 6.03 Å². The minimum Gasteiger partial charge on any atom is -0.351 e. The maximum atomic E-state index is 11.6. The van der Waals surface area contributed by atoms with Crippen molar-refractivity contribution < 1.29 is 9.59 Å². The van der Waals surface area contributed by atoms with Gasteiger partial charge >= 0.3 is 6.03 Å². The highest BCUT2D eigenvalue weighted by molar-refractivity contribution is 5.98. The Labute approximate surface area is 117 Å². The molecular formula is C15H15N3O2. The van der Waals surface area contributed by atoms with Gasteiger partial charge in [0.25, 0.3) is 0 Å². The predicted octanol–water partition coefficient (Wildman–Crippen LogP) is 2.86. The van der Waals surface area contributed by atoms with Gasteiger partial charge in [-0.15, -0.1) is 0 Å². The van der Waals surface area contributed by atoms with E-state index in [1.165, 1.54) is 11.8 Å². The van der Waals surface area contributed by atoms with Gasteiger partial charge in [-0.2, -0.15) is 0 Å². The van der Waals surface area contributed by atoms with E-state index in [0.29, 0.717) is 17.1 Å². The molecule has 0 saturated heterocycles. The Morgan fingerprint density at radius 1 is 0.950 bits per heavy atom. The van der Waals surface area contributed by atoms with E-state index in [9.17, 15) is 9.59 Å². The van der Waals surface area contributed by atoms with Crippen molar-refractivity contribution in [2.75, 3.05) is 10.2 Å². The number of nitrogens with one attached hydrogen (secondary N) is 1. The second-order valence-electron chi connectivity index (χ2n) is 4.24. The zero-order valence-corrected chi connectivity index (χ0v) is 11.0. The molecule has 0 fully saturated rings. The standard InChI is InChI=1S/C15H15N3O2/c1-11(19)17-12-7-9-14(10-8-12)18(15(16)20)13-5-3-2-4-6-13/h2-10H,1H3,(H2,16,20)(H,17,19).